The van der Waals surface area contributed by atoms with E-state index in [2.05, 4.69) is 31.3 Å². The van der Waals surface area contributed by atoms with Gasteiger partial charge in [0, 0.05) is 24.8 Å². The lowest BCUT2D eigenvalue weighted by Gasteiger charge is -2.10. The second-order valence-electron chi connectivity index (χ2n) is 4.60. The van der Waals surface area contributed by atoms with Gasteiger partial charge in [-0.05, 0) is 41.4 Å². The zero-order valence-corrected chi connectivity index (χ0v) is 13.0. The van der Waals surface area contributed by atoms with Gasteiger partial charge in [-0.15, -0.1) is 0 Å². The summed E-state index contributed by atoms with van der Waals surface area (Å²) in [6.07, 6.45) is 1.54. The molecule has 0 saturated carbocycles. The minimum Gasteiger partial charge on any atom is -0.378 e. The number of halogens is 1. The molecule has 2 aromatic rings. The highest BCUT2D eigenvalue weighted by atomic mass is 79.9. The first kappa shape index (κ1) is 14.5. The van der Waals surface area contributed by atoms with Gasteiger partial charge < -0.3 is 10.3 Å². The Kier molecular flexibility index (Phi) is 4.08. The molecule has 20 heavy (non-hydrogen) atoms. The molecule has 0 bridgehead atoms. The molecular weight excluding hydrogens is 324 g/mol. The summed E-state index contributed by atoms with van der Waals surface area (Å²) in [5.41, 5.74) is 2.59. The Morgan fingerprint density at radius 1 is 1.40 bits per heavy atom. The summed E-state index contributed by atoms with van der Waals surface area (Å²) in [5, 5.41) is 6.99. The maximum Gasteiger partial charge on any atom is 0.282 e. The first-order valence-electron chi connectivity index (χ1n) is 6.05. The number of H-pyrrole nitrogens is 1. The van der Waals surface area contributed by atoms with Crippen LogP contribution in [-0.4, -0.2) is 14.8 Å². The molecule has 6 nitrogen and oxygen atoms in total. The van der Waals surface area contributed by atoms with Crippen molar-refractivity contribution in [3.63, 3.8) is 0 Å². The van der Waals surface area contributed by atoms with Crippen LogP contribution in [0.5, 0.6) is 0 Å². The SMILES string of the molecule is Cc1cc(C)c(CNc2cnn(C)c(=O)c2Br)c(=O)[nH]1. The maximum atomic E-state index is 11.9. The van der Waals surface area contributed by atoms with Gasteiger partial charge in [0.2, 0.25) is 0 Å². The highest BCUT2D eigenvalue weighted by molar-refractivity contribution is 9.10. The van der Waals surface area contributed by atoms with Crippen molar-refractivity contribution in [1.82, 2.24) is 14.8 Å². The van der Waals surface area contributed by atoms with Crippen molar-refractivity contribution < 1.29 is 0 Å². The molecule has 0 radical (unpaired) electrons. The summed E-state index contributed by atoms with van der Waals surface area (Å²) in [7, 11) is 1.58. The van der Waals surface area contributed by atoms with E-state index in [-0.39, 0.29) is 11.1 Å². The monoisotopic (exact) mass is 338 g/mol. The molecule has 0 aromatic carbocycles. The van der Waals surface area contributed by atoms with Gasteiger partial charge in [0.25, 0.3) is 11.1 Å². The van der Waals surface area contributed by atoms with Gasteiger partial charge in [0.15, 0.2) is 0 Å². The molecule has 2 N–H and O–H groups in total. The lowest BCUT2D eigenvalue weighted by molar-refractivity contribution is 0.703. The fourth-order valence-electron chi connectivity index (χ4n) is 1.92. The van der Waals surface area contributed by atoms with Crippen molar-refractivity contribution in [1.29, 1.82) is 0 Å². The average molecular weight is 339 g/mol. The third-order valence-corrected chi connectivity index (χ3v) is 3.79. The van der Waals surface area contributed by atoms with Crippen molar-refractivity contribution in [2.45, 2.75) is 20.4 Å². The van der Waals surface area contributed by atoms with Crippen LogP contribution in [0.15, 0.2) is 26.3 Å². The number of hydrogen-bond donors (Lipinski definition) is 2. The van der Waals surface area contributed by atoms with E-state index in [9.17, 15) is 9.59 Å². The molecule has 0 fully saturated rings. The standard InChI is InChI=1S/C13H15BrN4O2/c1-7-4-8(2)17-12(19)9(7)5-15-10-6-16-18(3)13(20)11(10)14/h4,6,15H,5H2,1-3H3,(H,17,19). The molecule has 0 saturated heterocycles. The molecule has 0 spiro atoms. The van der Waals surface area contributed by atoms with Gasteiger partial charge >= 0.3 is 0 Å². The number of aromatic nitrogens is 3. The summed E-state index contributed by atoms with van der Waals surface area (Å²) in [4.78, 5) is 26.4. The molecule has 2 aromatic heterocycles. The van der Waals surface area contributed by atoms with Crippen LogP contribution in [0.3, 0.4) is 0 Å². The molecule has 0 unspecified atom stereocenters. The predicted octanol–water partition coefficient (Wildman–Crippen LogP) is 1.46. The van der Waals surface area contributed by atoms with Crippen LogP contribution in [0.4, 0.5) is 5.69 Å². The van der Waals surface area contributed by atoms with Crippen LogP contribution in [0.2, 0.25) is 0 Å². The maximum absolute atomic E-state index is 11.9. The van der Waals surface area contributed by atoms with Crippen LogP contribution in [0, 0.1) is 13.8 Å². The van der Waals surface area contributed by atoms with Gasteiger partial charge in [-0.2, -0.15) is 5.10 Å². The molecule has 0 aliphatic rings. The second kappa shape index (κ2) is 5.62. The van der Waals surface area contributed by atoms with Crippen LogP contribution in [-0.2, 0) is 13.6 Å². The number of rotatable bonds is 3. The summed E-state index contributed by atoms with van der Waals surface area (Å²) in [6.45, 7) is 4.05. The van der Waals surface area contributed by atoms with E-state index in [0.29, 0.717) is 22.3 Å². The van der Waals surface area contributed by atoms with Gasteiger partial charge in [0.1, 0.15) is 4.47 Å². The van der Waals surface area contributed by atoms with E-state index in [1.807, 2.05) is 19.9 Å². The van der Waals surface area contributed by atoms with E-state index < -0.39 is 0 Å². The summed E-state index contributed by atoms with van der Waals surface area (Å²) in [6, 6.07) is 1.91. The number of hydrogen-bond acceptors (Lipinski definition) is 4. The molecule has 0 aliphatic heterocycles. The molecule has 2 heterocycles. The minimum absolute atomic E-state index is 0.122. The summed E-state index contributed by atoms with van der Waals surface area (Å²) < 4.78 is 1.63. The van der Waals surface area contributed by atoms with Gasteiger partial charge in [-0.1, -0.05) is 0 Å². The number of aromatic amines is 1. The van der Waals surface area contributed by atoms with Gasteiger partial charge in [-0.25, -0.2) is 4.68 Å². The first-order chi connectivity index (χ1) is 9.40. The van der Waals surface area contributed by atoms with Crippen molar-refractivity contribution >= 4 is 21.6 Å². The number of nitrogens with one attached hydrogen (secondary N) is 2. The van der Waals surface area contributed by atoms with Crippen molar-refractivity contribution in [3.05, 3.63) is 54.3 Å². The van der Waals surface area contributed by atoms with E-state index in [1.54, 1.807) is 13.2 Å². The normalized spacial score (nSPS) is 10.6. The molecule has 7 heteroatoms. The Morgan fingerprint density at radius 3 is 2.75 bits per heavy atom. The highest BCUT2D eigenvalue weighted by Gasteiger charge is 2.09. The van der Waals surface area contributed by atoms with Crippen molar-refractivity contribution in [2.24, 2.45) is 7.05 Å². The lowest BCUT2D eigenvalue weighted by atomic mass is 10.1. The zero-order chi connectivity index (χ0) is 14.9. The van der Waals surface area contributed by atoms with Crippen molar-refractivity contribution in [2.75, 3.05) is 5.32 Å². The smallest absolute Gasteiger partial charge is 0.282 e. The van der Waals surface area contributed by atoms with E-state index in [0.717, 1.165) is 11.3 Å². The highest BCUT2D eigenvalue weighted by Crippen LogP contribution is 2.17. The molecule has 2 rings (SSSR count). The Bertz CT molecular complexity index is 764. The van der Waals surface area contributed by atoms with Crippen LogP contribution < -0.4 is 16.4 Å². The summed E-state index contributed by atoms with van der Waals surface area (Å²) >= 11 is 3.23. The minimum atomic E-state index is -0.232. The number of nitrogens with zero attached hydrogens (tertiary/aromatic N) is 2. The molecule has 0 atom stereocenters. The third kappa shape index (κ3) is 2.82. The number of aryl methyl sites for hydroxylation is 3. The largest absolute Gasteiger partial charge is 0.378 e. The van der Waals surface area contributed by atoms with Crippen LogP contribution in [0.25, 0.3) is 0 Å². The second-order valence-corrected chi connectivity index (χ2v) is 5.39. The molecular formula is C13H15BrN4O2. The van der Waals surface area contributed by atoms with E-state index >= 15 is 0 Å². The number of anilines is 1. The van der Waals surface area contributed by atoms with E-state index in [4.69, 9.17) is 0 Å². The van der Waals surface area contributed by atoms with Gasteiger partial charge in [-0.3, -0.25) is 9.59 Å². The first-order valence-corrected chi connectivity index (χ1v) is 6.84. The topological polar surface area (TPSA) is 79.8 Å². The molecule has 0 aliphatic carbocycles. The fraction of sp³-hybridized carbons (Fsp3) is 0.308. The quantitative estimate of drug-likeness (QED) is 0.887. The fourth-order valence-corrected chi connectivity index (χ4v) is 2.42. The van der Waals surface area contributed by atoms with Crippen molar-refractivity contribution in [3.8, 4) is 0 Å². The molecule has 0 amide bonds. The Morgan fingerprint density at radius 2 is 2.10 bits per heavy atom. The number of pyridine rings is 1. The van der Waals surface area contributed by atoms with Gasteiger partial charge in [0.05, 0.1) is 11.9 Å². The van der Waals surface area contributed by atoms with Crippen LogP contribution >= 0.6 is 15.9 Å². The van der Waals surface area contributed by atoms with Crippen LogP contribution in [0.1, 0.15) is 16.8 Å². The Hall–Kier alpha value is -1.89. The average Bonchev–Trinajstić information content (AvgIpc) is 2.37. The predicted molar refractivity (Wildman–Crippen MR) is 81.0 cm³/mol. The lowest BCUT2D eigenvalue weighted by Crippen LogP contribution is -2.23. The third-order valence-electron chi connectivity index (χ3n) is 3.03. The summed E-state index contributed by atoms with van der Waals surface area (Å²) in [5.74, 6) is 0. The Labute approximate surface area is 124 Å². The van der Waals surface area contributed by atoms with E-state index in [1.165, 1.54) is 4.68 Å². The Balaban J connectivity index is 2.29. The molecule has 106 valence electrons. The zero-order valence-electron chi connectivity index (χ0n) is 11.5.